The van der Waals surface area contributed by atoms with Crippen molar-refractivity contribution >= 4 is 11.8 Å². The predicted molar refractivity (Wildman–Crippen MR) is 105 cm³/mol. The maximum atomic E-state index is 12.3. The smallest absolute Gasteiger partial charge is 0.282 e. The van der Waals surface area contributed by atoms with Gasteiger partial charge in [0.25, 0.3) is 5.89 Å². The van der Waals surface area contributed by atoms with E-state index < -0.39 is 0 Å². The molecule has 134 valence electrons. The Balaban J connectivity index is 1.74. The molecule has 0 N–H and O–H groups in total. The quantitative estimate of drug-likeness (QED) is 0.502. The Morgan fingerprint density at radius 1 is 1.07 bits per heavy atom. The van der Waals surface area contributed by atoms with E-state index >= 15 is 0 Å². The first-order chi connectivity index (χ1) is 13.1. The summed E-state index contributed by atoms with van der Waals surface area (Å²) < 4.78 is 6.94. The van der Waals surface area contributed by atoms with Crippen molar-refractivity contribution in [3.8, 4) is 28.7 Å². The highest BCUT2D eigenvalue weighted by atomic mass is 32.2. The van der Waals surface area contributed by atoms with Gasteiger partial charge in [0.05, 0.1) is 5.69 Å². The van der Waals surface area contributed by atoms with Crippen LogP contribution in [0.2, 0.25) is 0 Å². The van der Waals surface area contributed by atoms with Crippen molar-refractivity contribution in [2.45, 2.75) is 11.8 Å². The normalized spacial score (nSPS) is 10.9. The van der Waals surface area contributed by atoms with Gasteiger partial charge in [0.1, 0.15) is 0 Å². The van der Waals surface area contributed by atoms with Crippen molar-refractivity contribution in [1.82, 2.24) is 19.9 Å². The van der Waals surface area contributed by atoms with Crippen LogP contribution in [0.5, 0.6) is 0 Å². The summed E-state index contributed by atoms with van der Waals surface area (Å²) in [7, 11) is 0. The molecule has 0 atom stereocenters. The van der Waals surface area contributed by atoms with Crippen LogP contribution in [0.3, 0.4) is 0 Å². The summed E-state index contributed by atoms with van der Waals surface area (Å²) in [6.07, 6.45) is 3.64. The Bertz CT molecular complexity index is 1150. The highest BCUT2D eigenvalue weighted by Gasteiger charge is 2.16. The lowest BCUT2D eigenvalue weighted by Crippen LogP contribution is -2.12. The van der Waals surface area contributed by atoms with Crippen LogP contribution in [0, 0.1) is 6.92 Å². The molecule has 2 aromatic heterocycles. The van der Waals surface area contributed by atoms with E-state index in [0.717, 1.165) is 21.7 Å². The second-order valence-electron chi connectivity index (χ2n) is 5.96. The molecule has 0 bridgehead atoms. The number of thioether (sulfide) groups is 1. The van der Waals surface area contributed by atoms with E-state index in [9.17, 15) is 4.79 Å². The van der Waals surface area contributed by atoms with Gasteiger partial charge >= 0.3 is 0 Å². The molecule has 27 heavy (non-hydrogen) atoms. The van der Waals surface area contributed by atoms with Crippen LogP contribution in [-0.2, 0) is 0 Å². The molecule has 2 aromatic carbocycles. The summed E-state index contributed by atoms with van der Waals surface area (Å²) in [5, 5.41) is 8.39. The number of benzene rings is 2. The maximum absolute atomic E-state index is 12.3. The Labute approximate surface area is 159 Å². The van der Waals surface area contributed by atoms with Crippen LogP contribution in [0.25, 0.3) is 28.7 Å². The summed E-state index contributed by atoms with van der Waals surface area (Å²) >= 11 is 1.64. The van der Waals surface area contributed by atoms with E-state index in [2.05, 4.69) is 15.2 Å². The molecule has 0 radical (unpaired) electrons. The van der Waals surface area contributed by atoms with Gasteiger partial charge in [-0.3, -0.25) is 4.79 Å². The van der Waals surface area contributed by atoms with Crippen molar-refractivity contribution in [2.75, 3.05) is 6.26 Å². The van der Waals surface area contributed by atoms with Crippen molar-refractivity contribution < 1.29 is 4.52 Å². The zero-order valence-electron chi connectivity index (χ0n) is 14.8. The van der Waals surface area contributed by atoms with Gasteiger partial charge in [0.2, 0.25) is 11.3 Å². The SMILES string of the molecule is CSc1cccc(-n2ccc(=O)c(-c3nc(-c4ccc(C)cc4)no3)n2)c1. The van der Waals surface area contributed by atoms with Gasteiger partial charge < -0.3 is 4.52 Å². The fourth-order valence-corrected chi connectivity index (χ4v) is 3.05. The number of nitrogens with zero attached hydrogens (tertiary/aromatic N) is 4. The molecule has 4 aromatic rings. The zero-order chi connectivity index (χ0) is 18.8. The van der Waals surface area contributed by atoms with Crippen molar-refractivity contribution in [1.29, 1.82) is 0 Å². The molecule has 0 aliphatic carbocycles. The standard InChI is InChI=1S/C20H16N4O2S/c1-13-6-8-14(9-7-13)19-21-20(26-23-19)18-17(25)10-11-24(22-18)15-4-3-5-16(12-15)27-2/h3-12H,1-2H3. The molecule has 0 aliphatic heterocycles. The van der Waals surface area contributed by atoms with Crippen molar-refractivity contribution in [3.63, 3.8) is 0 Å². The van der Waals surface area contributed by atoms with Gasteiger partial charge in [0.15, 0.2) is 5.69 Å². The second-order valence-corrected chi connectivity index (χ2v) is 6.84. The molecular formula is C20H16N4O2S. The summed E-state index contributed by atoms with van der Waals surface area (Å²) in [5.41, 5.74) is 2.66. The molecule has 6 nitrogen and oxygen atoms in total. The minimum absolute atomic E-state index is 0.103. The molecule has 2 heterocycles. The van der Waals surface area contributed by atoms with Crippen LogP contribution in [0.4, 0.5) is 0 Å². The van der Waals surface area contributed by atoms with Crippen LogP contribution in [0.15, 0.2) is 75.0 Å². The van der Waals surface area contributed by atoms with E-state index in [0.29, 0.717) is 5.82 Å². The van der Waals surface area contributed by atoms with Gasteiger partial charge in [-0.1, -0.05) is 41.1 Å². The van der Waals surface area contributed by atoms with Gasteiger partial charge in [-0.2, -0.15) is 10.1 Å². The van der Waals surface area contributed by atoms with Crippen LogP contribution in [-0.4, -0.2) is 26.2 Å². The zero-order valence-corrected chi connectivity index (χ0v) is 15.6. The molecule has 0 saturated heterocycles. The number of hydrogen-bond donors (Lipinski definition) is 0. The molecule has 4 rings (SSSR count). The lowest BCUT2D eigenvalue weighted by atomic mass is 10.1. The molecule has 0 aliphatic rings. The average molecular weight is 376 g/mol. The number of aromatic nitrogens is 4. The fraction of sp³-hybridized carbons (Fsp3) is 0.100. The van der Waals surface area contributed by atoms with Gasteiger partial charge in [0, 0.05) is 22.7 Å². The van der Waals surface area contributed by atoms with E-state index in [1.807, 2.05) is 61.7 Å². The monoisotopic (exact) mass is 376 g/mol. The minimum atomic E-state index is -0.272. The largest absolute Gasteiger partial charge is 0.332 e. The van der Waals surface area contributed by atoms with Gasteiger partial charge in [-0.25, -0.2) is 4.68 Å². The topological polar surface area (TPSA) is 73.8 Å². The van der Waals surface area contributed by atoms with E-state index in [4.69, 9.17) is 4.52 Å². The van der Waals surface area contributed by atoms with Crippen LogP contribution in [0.1, 0.15) is 5.56 Å². The molecule has 7 heteroatoms. The Hall–Kier alpha value is -3.19. The number of aryl methyl sites for hydroxylation is 1. The Kier molecular flexibility index (Phi) is 4.60. The molecule has 0 unspecified atom stereocenters. The maximum Gasteiger partial charge on any atom is 0.282 e. The first-order valence-electron chi connectivity index (χ1n) is 8.29. The van der Waals surface area contributed by atoms with Crippen molar-refractivity contribution in [3.05, 3.63) is 76.6 Å². The molecule has 0 saturated carbocycles. The van der Waals surface area contributed by atoms with Crippen LogP contribution < -0.4 is 5.43 Å². The Morgan fingerprint density at radius 3 is 2.67 bits per heavy atom. The summed E-state index contributed by atoms with van der Waals surface area (Å²) in [4.78, 5) is 17.8. The van der Waals surface area contributed by atoms with Gasteiger partial charge in [-0.05, 0) is 31.4 Å². The van der Waals surface area contributed by atoms with E-state index in [1.54, 1.807) is 22.6 Å². The van der Waals surface area contributed by atoms with Gasteiger partial charge in [-0.15, -0.1) is 11.8 Å². The summed E-state index contributed by atoms with van der Waals surface area (Å²) in [6, 6.07) is 17.1. The number of rotatable bonds is 4. The number of hydrogen-bond acceptors (Lipinski definition) is 6. The molecule has 0 amide bonds. The fourth-order valence-electron chi connectivity index (χ4n) is 2.59. The minimum Gasteiger partial charge on any atom is -0.332 e. The average Bonchev–Trinajstić information content (AvgIpc) is 3.19. The summed E-state index contributed by atoms with van der Waals surface area (Å²) in [6.45, 7) is 2.01. The summed E-state index contributed by atoms with van der Waals surface area (Å²) in [5.74, 6) is 0.525. The highest BCUT2D eigenvalue weighted by Crippen LogP contribution is 2.21. The third-order valence-corrected chi connectivity index (χ3v) is 4.79. The first-order valence-corrected chi connectivity index (χ1v) is 9.52. The molecular weight excluding hydrogens is 360 g/mol. The van der Waals surface area contributed by atoms with Crippen molar-refractivity contribution in [2.24, 2.45) is 0 Å². The third-order valence-electron chi connectivity index (χ3n) is 4.06. The molecule has 0 spiro atoms. The third kappa shape index (κ3) is 3.54. The van der Waals surface area contributed by atoms with E-state index in [1.165, 1.54) is 6.07 Å². The lowest BCUT2D eigenvalue weighted by molar-refractivity contribution is 0.429. The van der Waals surface area contributed by atoms with Crippen LogP contribution >= 0.6 is 11.8 Å². The first kappa shape index (κ1) is 17.2. The predicted octanol–water partition coefficient (Wildman–Crippen LogP) is 3.98. The second kappa shape index (κ2) is 7.20. The molecule has 0 fully saturated rings. The lowest BCUT2D eigenvalue weighted by Gasteiger charge is -2.07. The highest BCUT2D eigenvalue weighted by molar-refractivity contribution is 7.98. The van der Waals surface area contributed by atoms with E-state index in [-0.39, 0.29) is 17.0 Å². The Morgan fingerprint density at radius 2 is 1.89 bits per heavy atom.